The summed E-state index contributed by atoms with van der Waals surface area (Å²) in [6.07, 6.45) is 4.93. The van der Waals surface area contributed by atoms with Gasteiger partial charge < -0.3 is 19.9 Å². The van der Waals surface area contributed by atoms with Crippen molar-refractivity contribution >= 4 is 34.4 Å². The number of hydrogen-bond donors (Lipinski definition) is 2. The zero-order valence-electron chi connectivity index (χ0n) is 12.4. The lowest BCUT2D eigenvalue weighted by molar-refractivity contribution is 0.110. The van der Waals surface area contributed by atoms with Crippen LogP contribution in [0.5, 0.6) is 0 Å². The monoisotopic (exact) mass is 322 g/mol. The number of anilines is 1. The van der Waals surface area contributed by atoms with Crippen LogP contribution in [-0.2, 0) is 4.74 Å². The van der Waals surface area contributed by atoms with Gasteiger partial charge >= 0.3 is 6.09 Å². The highest BCUT2D eigenvalue weighted by Gasteiger charge is 2.28. The average Bonchev–Trinajstić information content (AvgIpc) is 3.16. The van der Waals surface area contributed by atoms with E-state index >= 15 is 0 Å². The number of halogens is 1. The molecule has 0 saturated carbocycles. The number of pyridine rings is 1. The molecule has 1 aliphatic rings. The van der Waals surface area contributed by atoms with Crippen LogP contribution in [0.1, 0.15) is 19.8 Å². The van der Waals surface area contributed by atoms with Gasteiger partial charge in [-0.1, -0.05) is 18.5 Å². The van der Waals surface area contributed by atoms with Gasteiger partial charge in [0, 0.05) is 30.7 Å². The van der Waals surface area contributed by atoms with Crippen molar-refractivity contribution in [1.82, 2.24) is 14.9 Å². The minimum atomic E-state index is -0.237. The van der Waals surface area contributed by atoms with Crippen LogP contribution >= 0.6 is 11.6 Å². The summed E-state index contributed by atoms with van der Waals surface area (Å²) in [6, 6.07) is 2.10. The van der Waals surface area contributed by atoms with Crippen LogP contribution in [0.25, 0.3) is 11.0 Å². The van der Waals surface area contributed by atoms with E-state index in [-0.39, 0.29) is 12.1 Å². The first-order chi connectivity index (χ1) is 10.7. The lowest BCUT2D eigenvalue weighted by atomic mass is 10.2. The maximum Gasteiger partial charge on any atom is 0.409 e. The predicted octanol–water partition coefficient (Wildman–Crippen LogP) is 3.25. The molecule has 1 aliphatic heterocycles. The number of ether oxygens (including phenoxy) is 1. The molecular weight excluding hydrogens is 304 g/mol. The van der Waals surface area contributed by atoms with E-state index in [4.69, 9.17) is 16.3 Å². The molecule has 6 nitrogen and oxygen atoms in total. The number of hydrogen-bond acceptors (Lipinski definition) is 4. The van der Waals surface area contributed by atoms with Crippen LogP contribution in [0.3, 0.4) is 0 Å². The van der Waals surface area contributed by atoms with Gasteiger partial charge in [0.25, 0.3) is 0 Å². The Kier molecular flexibility index (Phi) is 4.38. The van der Waals surface area contributed by atoms with Gasteiger partial charge in [0.05, 0.1) is 23.5 Å². The molecule has 2 aromatic heterocycles. The highest BCUT2D eigenvalue weighted by atomic mass is 35.5. The van der Waals surface area contributed by atoms with Crippen molar-refractivity contribution in [3.63, 3.8) is 0 Å². The third kappa shape index (κ3) is 2.97. The number of H-pyrrole nitrogens is 1. The second-order valence-corrected chi connectivity index (χ2v) is 5.82. The van der Waals surface area contributed by atoms with E-state index in [1.807, 2.05) is 19.2 Å². The molecule has 0 unspecified atom stereocenters. The van der Waals surface area contributed by atoms with Crippen molar-refractivity contribution in [2.45, 2.75) is 25.8 Å². The number of amides is 1. The van der Waals surface area contributed by atoms with Gasteiger partial charge in [-0.25, -0.2) is 9.78 Å². The van der Waals surface area contributed by atoms with Crippen molar-refractivity contribution in [1.29, 1.82) is 0 Å². The number of rotatable bonds is 4. The molecule has 0 spiro atoms. The topological polar surface area (TPSA) is 70.2 Å². The van der Waals surface area contributed by atoms with E-state index in [9.17, 15) is 4.79 Å². The fraction of sp³-hybridized carbons (Fsp3) is 0.467. The lowest BCUT2D eigenvalue weighted by Gasteiger charge is -2.18. The van der Waals surface area contributed by atoms with Gasteiger partial charge in [0.2, 0.25) is 0 Å². The van der Waals surface area contributed by atoms with Crippen LogP contribution in [-0.4, -0.2) is 46.7 Å². The van der Waals surface area contributed by atoms with E-state index in [0.717, 1.165) is 29.6 Å². The van der Waals surface area contributed by atoms with Crippen molar-refractivity contribution in [2.75, 3.05) is 25.0 Å². The van der Waals surface area contributed by atoms with Crippen LogP contribution < -0.4 is 5.32 Å². The van der Waals surface area contributed by atoms with Crippen LogP contribution in [0.2, 0.25) is 5.02 Å². The Hall–Kier alpha value is -1.95. The summed E-state index contributed by atoms with van der Waals surface area (Å²) < 4.78 is 5.17. The molecule has 2 N–H and O–H groups in total. The maximum absolute atomic E-state index is 11.9. The van der Waals surface area contributed by atoms with E-state index in [1.54, 1.807) is 11.1 Å². The molecule has 1 atom stereocenters. The molecule has 3 heterocycles. The summed E-state index contributed by atoms with van der Waals surface area (Å²) in [5.74, 6) is 0. The Morgan fingerprint density at radius 3 is 3.32 bits per heavy atom. The number of likely N-dealkylation sites (tertiary alicyclic amines) is 1. The Morgan fingerprint density at radius 2 is 2.50 bits per heavy atom. The van der Waals surface area contributed by atoms with Gasteiger partial charge in [-0.2, -0.15) is 0 Å². The molecule has 1 fully saturated rings. The third-order valence-electron chi connectivity index (χ3n) is 3.76. The molecular formula is C15H19ClN4O2. The van der Waals surface area contributed by atoms with E-state index < -0.39 is 0 Å². The molecule has 22 heavy (non-hydrogen) atoms. The van der Waals surface area contributed by atoms with Crippen LogP contribution in [0, 0.1) is 0 Å². The largest absolute Gasteiger partial charge is 0.449 e. The highest BCUT2D eigenvalue weighted by molar-refractivity contribution is 6.34. The van der Waals surface area contributed by atoms with Crippen LogP contribution in [0.4, 0.5) is 10.5 Å². The molecule has 2 aromatic rings. The second kappa shape index (κ2) is 6.44. The molecule has 0 aliphatic carbocycles. The minimum absolute atomic E-state index is 0.159. The van der Waals surface area contributed by atoms with Crippen molar-refractivity contribution in [3.05, 3.63) is 23.5 Å². The molecule has 3 rings (SSSR count). The van der Waals surface area contributed by atoms with E-state index in [0.29, 0.717) is 24.7 Å². The fourth-order valence-electron chi connectivity index (χ4n) is 2.66. The summed E-state index contributed by atoms with van der Waals surface area (Å²) >= 11 is 6.26. The summed E-state index contributed by atoms with van der Waals surface area (Å²) in [6.45, 7) is 3.76. The predicted molar refractivity (Wildman–Crippen MR) is 86.3 cm³/mol. The normalized spacial score (nSPS) is 17.9. The number of nitrogens with zero attached hydrogens (tertiary/aromatic N) is 2. The lowest BCUT2D eigenvalue weighted by Crippen LogP contribution is -2.32. The molecule has 1 amide bonds. The number of nitrogens with one attached hydrogen (secondary N) is 2. The Balaban J connectivity index is 1.68. The van der Waals surface area contributed by atoms with E-state index in [1.165, 1.54) is 0 Å². The standard InChI is InChI=1S/C15H19ClN4O2/c1-2-7-22-15(21)20-6-4-10(9-20)19-13-11-3-5-17-14(11)18-8-12(13)16/h3,5,8,10H,2,4,6-7,9H2,1H3,(H2,17,18,19)/t10-/m1/s1. The molecule has 7 heteroatoms. The van der Waals surface area contributed by atoms with Crippen LogP contribution in [0.15, 0.2) is 18.5 Å². The smallest absolute Gasteiger partial charge is 0.409 e. The number of aromatic nitrogens is 2. The quantitative estimate of drug-likeness (QED) is 0.906. The first-order valence-electron chi connectivity index (χ1n) is 7.49. The highest BCUT2D eigenvalue weighted by Crippen LogP contribution is 2.30. The number of carbonyl (C=O) groups excluding carboxylic acids is 1. The summed E-state index contributed by atoms with van der Waals surface area (Å²) in [4.78, 5) is 20.9. The number of fused-ring (bicyclic) bond motifs is 1. The zero-order valence-corrected chi connectivity index (χ0v) is 13.2. The second-order valence-electron chi connectivity index (χ2n) is 5.41. The molecule has 0 bridgehead atoms. The molecule has 0 aromatic carbocycles. The van der Waals surface area contributed by atoms with Gasteiger partial charge in [-0.15, -0.1) is 0 Å². The molecule has 1 saturated heterocycles. The summed E-state index contributed by atoms with van der Waals surface area (Å²) in [7, 11) is 0. The first-order valence-corrected chi connectivity index (χ1v) is 7.86. The Morgan fingerprint density at radius 1 is 1.64 bits per heavy atom. The van der Waals surface area contributed by atoms with Crippen molar-refractivity contribution in [3.8, 4) is 0 Å². The molecule has 118 valence electrons. The van der Waals surface area contributed by atoms with Crippen molar-refractivity contribution < 1.29 is 9.53 Å². The average molecular weight is 323 g/mol. The molecule has 0 radical (unpaired) electrons. The minimum Gasteiger partial charge on any atom is -0.449 e. The maximum atomic E-state index is 11.9. The van der Waals surface area contributed by atoms with E-state index in [2.05, 4.69) is 15.3 Å². The number of carbonyl (C=O) groups is 1. The number of aromatic amines is 1. The van der Waals surface area contributed by atoms with Gasteiger partial charge in [-0.05, 0) is 18.9 Å². The fourth-order valence-corrected chi connectivity index (χ4v) is 2.86. The third-order valence-corrected chi connectivity index (χ3v) is 4.05. The van der Waals surface area contributed by atoms with Gasteiger partial charge in [0.1, 0.15) is 5.65 Å². The first kappa shape index (κ1) is 15.0. The van der Waals surface area contributed by atoms with Gasteiger partial charge in [-0.3, -0.25) is 0 Å². The summed E-state index contributed by atoms with van der Waals surface area (Å²) in [5, 5.41) is 4.98. The van der Waals surface area contributed by atoms with Crippen molar-refractivity contribution in [2.24, 2.45) is 0 Å². The Labute approximate surface area is 133 Å². The Bertz CT molecular complexity index is 673. The van der Waals surface area contributed by atoms with Gasteiger partial charge in [0.15, 0.2) is 0 Å². The SMILES string of the molecule is CCCOC(=O)N1CC[C@@H](Nc2c(Cl)cnc3[nH]ccc23)C1. The zero-order chi connectivity index (χ0) is 15.5. The summed E-state index contributed by atoms with van der Waals surface area (Å²) in [5.41, 5.74) is 1.66.